The number of ether oxygens (including phenoxy) is 1. The van der Waals surface area contributed by atoms with Crippen molar-refractivity contribution in [3.63, 3.8) is 0 Å². The van der Waals surface area contributed by atoms with Crippen LogP contribution in [0.2, 0.25) is 0 Å². The monoisotopic (exact) mass is 515 g/mol. The topological polar surface area (TPSA) is 110 Å². The van der Waals surface area contributed by atoms with Gasteiger partial charge in [-0.15, -0.1) is 0 Å². The number of fused-ring (bicyclic) bond motifs is 1. The van der Waals surface area contributed by atoms with Gasteiger partial charge in [-0.3, -0.25) is 23.7 Å². The number of nitrogens with two attached hydrogens (primary N) is 1. The van der Waals surface area contributed by atoms with Crippen LogP contribution in [-0.4, -0.2) is 63.3 Å². The van der Waals surface area contributed by atoms with E-state index in [9.17, 15) is 14.4 Å². The van der Waals surface area contributed by atoms with E-state index < -0.39 is 0 Å². The van der Waals surface area contributed by atoms with Crippen molar-refractivity contribution in [3.8, 4) is 0 Å². The molecule has 35 heavy (non-hydrogen) atoms. The molecule has 2 fully saturated rings. The number of nitrogens with zero attached hydrogens (tertiary/aromatic N) is 4. The summed E-state index contributed by atoms with van der Waals surface area (Å²) in [4.78, 5) is 47.2. The second kappa shape index (κ2) is 10.9. The van der Waals surface area contributed by atoms with Crippen molar-refractivity contribution in [2.24, 2.45) is 11.7 Å². The first-order valence-electron chi connectivity index (χ1n) is 11.7. The lowest BCUT2D eigenvalue weighted by molar-refractivity contribution is -0.123. The number of carbonyl (C=O) groups excluding carboxylic acids is 2. The van der Waals surface area contributed by atoms with Crippen LogP contribution in [-0.2, 0) is 14.3 Å². The first-order chi connectivity index (χ1) is 16.8. The fourth-order valence-corrected chi connectivity index (χ4v) is 5.63. The third-order valence-corrected chi connectivity index (χ3v) is 7.66. The van der Waals surface area contributed by atoms with Crippen LogP contribution in [0.25, 0.3) is 11.7 Å². The van der Waals surface area contributed by atoms with Gasteiger partial charge in [0.15, 0.2) is 0 Å². The predicted molar refractivity (Wildman–Crippen MR) is 141 cm³/mol. The Morgan fingerprint density at radius 2 is 2.09 bits per heavy atom. The molecule has 4 rings (SSSR count). The third-order valence-electron chi connectivity index (χ3n) is 6.28. The van der Waals surface area contributed by atoms with Crippen LogP contribution >= 0.6 is 24.0 Å². The molecule has 2 aliphatic heterocycles. The van der Waals surface area contributed by atoms with E-state index in [0.29, 0.717) is 78.4 Å². The number of primary amides is 1. The third kappa shape index (κ3) is 5.26. The zero-order chi connectivity index (χ0) is 25.1. The predicted octanol–water partition coefficient (Wildman–Crippen LogP) is 2.33. The Morgan fingerprint density at radius 3 is 2.77 bits per heavy atom. The molecule has 4 heterocycles. The molecule has 186 valence electrons. The van der Waals surface area contributed by atoms with E-state index in [1.807, 2.05) is 24.8 Å². The summed E-state index contributed by atoms with van der Waals surface area (Å²) in [6.45, 7) is 6.54. The highest BCUT2D eigenvalue weighted by Gasteiger charge is 2.33. The average molecular weight is 516 g/mol. The van der Waals surface area contributed by atoms with Gasteiger partial charge < -0.3 is 15.4 Å². The number of aryl methyl sites for hydroxylation is 1. The Hall–Kier alpha value is -2.76. The van der Waals surface area contributed by atoms with E-state index >= 15 is 0 Å². The molecule has 11 heteroatoms. The maximum atomic E-state index is 13.6. The highest BCUT2D eigenvalue weighted by molar-refractivity contribution is 8.26. The number of carbonyl (C=O) groups is 2. The van der Waals surface area contributed by atoms with Gasteiger partial charge in [-0.25, -0.2) is 4.98 Å². The van der Waals surface area contributed by atoms with E-state index in [2.05, 4.69) is 0 Å². The molecule has 0 atom stereocenters. The van der Waals surface area contributed by atoms with E-state index in [4.69, 9.17) is 27.7 Å². The van der Waals surface area contributed by atoms with Crippen molar-refractivity contribution in [2.75, 3.05) is 37.7 Å². The molecule has 2 aliphatic rings. The molecule has 0 aliphatic carbocycles. The zero-order valence-electron chi connectivity index (χ0n) is 19.9. The first-order valence-corrected chi connectivity index (χ1v) is 12.9. The van der Waals surface area contributed by atoms with Crippen LogP contribution < -0.4 is 16.2 Å². The number of thioether (sulfide) groups is 1. The highest BCUT2D eigenvalue weighted by Crippen LogP contribution is 2.34. The fourth-order valence-electron chi connectivity index (χ4n) is 4.34. The van der Waals surface area contributed by atoms with Gasteiger partial charge in [0.2, 0.25) is 5.91 Å². The van der Waals surface area contributed by atoms with E-state index in [1.54, 1.807) is 23.2 Å². The van der Waals surface area contributed by atoms with Gasteiger partial charge >= 0.3 is 0 Å². The summed E-state index contributed by atoms with van der Waals surface area (Å²) in [7, 11) is 0. The first kappa shape index (κ1) is 25.3. The molecular formula is C24H29N5O4S2. The maximum Gasteiger partial charge on any atom is 0.267 e. The summed E-state index contributed by atoms with van der Waals surface area (Å²) in [6, 6.07) is 3.70. The molecule has 0 saturated carbocycles. The number of hydrogen-bond donors (Lipinski definition) is 1. The number of anilines is 1. The standard InChI is InChI=1S/C24H29N5O4S2/c1-3-33-13-5-10-29-23(32)18(35-24(29)34)14-17-21(27-11-7-16(8-12-27)19(25)30)26-20-15(2)6-4-9-28(20)22(17)31/h4,6,9,14,16H,3,5,7-8,10-13H2,1-2H3,(H2,25,30)/b18-14+. The van der Waals surface area contributed by atoms with Gasteiger partial charge in [-0.1, -0.05) is 30.0 Å². The number of thiocarbonyl (C=S) groups is 1. The van der Waals surface area contributed by atoms with Crippen molar-refractivity contribution < 1.29 is 14.3 Å². The zero-order valence-corrected chi connectivity index (χ0v) is 21.5. The summed E-state index contributed by atoms with van der Waals surface area (Å²) >= 11 is 6.63. The molecule has 2 aromatic rings. The lowest BCUT2D eigenvalue weighted by atomic mass is 9.96. The molecule has 0 bridgehead atoms. The van der Waals surface area contributed by atoms with Crippen molar-refractivity contribution in [1.29, 1.82) is 0 Å². The highest BCUT2D eigenvalue weighted by atomic mass is 32.2. The minimum atomic E-state index is -0.305. The Balaban J connectivity index is 1.72. The number of hydrogen-bond acceptors (Lipinski definition) is 8. The Morgan fingerprint density at radius 1 is 1.34 bits per heavy atom. The van der Waals surface area contributed by atoms with E-state index in [1.165, 1.54) is 16.2 Å². The molecule has 2 aromatic heterocycles. The number of amides is 2. The molecule has 9 nitrogen and oxygen atoms in total. The summed E-state index contributed by atoms with van der Waals surface area (Å²) in [5.41, 5.74) is 7.00. The number of pyridine rings is 1. The molecule has 0 aromatic carbocycles. The van der Waals surface area contributed by atoms with Crippen LogP contribution in [0.15, 0.2) is 28.0 Å². The molecule has 2 saturated heterocycles. The number of rotatable bonds is 8. The lowest BCUT2D eigenvalue weighted by Crippen LogP contribution is -2.40. The average Bonchev–Trinajstić information content (AvgIpc) is 3.11. The van der Waals surface area contributed by atoms with E-state index in [0.717, 1.165) is 5.56 Å². The molecule has 0 radical (unpaired) electrons. The second-order valence-corrected chi connectivity index (χ2v) is 10.3. The van der Waals surface area contributed by atoms with E-state index in [-0.39, 0.29) is 23.3 Å². The Labute approximate surface area is 213 Å². The molecule has 0 spiro atoms. The SMILES string of the molecule is CCOCCCN1C(=O)/C(=C\c2c(N3CCC(C(N)=O)CC3)nc3c(C)cccn3c2=O)SC1=S. The van der Waals surface area contributed by atoms with Crippen LogP contribution in [0.4, 0.5) is 5.82 Å². The maximum absolute atomic E-state index is 13.6. The Bertz CT molecular complexity index is 1250. The summed E-state index contributed by atoms with van der Waals surface area (Å²) in [5, 5.41) is 0. The van der Waals surface area contributed by atoms with Gasteiger partial charge in [0.05, 0.1) is 10.5 Å². The molecule has 2 amide bonds. The van der Waals surface area contributed by atoms with Crippen LogP contribution in [0.3, 0.4) is 0 Å². The molecular weight excluding hydrogens is 486 g/mol. The fraction of sp³-hybridized carbons (Fsp3) is 0.458. The van der Waals surface area contributed by atoms with Gasteiger partial charge in [0.1, 0.15) is 15.8 Å². The quantitative estimate of drug-likeness (QED) is 0.324. The minimum Gasteiger partial charge on any atom is -0.382 e. The van der Waals surface area contributed by atoms with Crippen molar-refractivity contribution in [1.82, 2.24) is 14.3 Å². The van der Waals surface area contributed by atoms with Crippen molar-refractivity contribution in [2.45, 2.75) is 33.1 Å². The molecule has 2 N–H and O–H groups in total. The normalized spacial score (nSPS) is 18.3. The smallest absolute Gasteiger partial charge is 0.267 e. The van der Waals surface area contributed by atoms with Gasteiger partial charge in [-0.2, -0.15) is 0 Å². The largest absolute Gasteiger partial charge is 0.382 e. The van der Waals surface area contributed by atoms with Gasteiger partial charge in [0, 0.05) is 45.0 Å². The van der Waals surface area contributed by atoms with Crippen LogP contribution in [0.5, 0.6) is 0 Å². The second-order valence-electron chi connectivity index (χ2n) is 8.59. The summed E-state index contributed by atoms with van der Waals surface area (Å²) in [6.07, 6.45) is 5.14. The molecule has 0 unspecified atom stereocenters. The van der Waals surface area contributed by atoms with Gasteiger partial charge in [0.25, 0.3) is 11.5 Å². The lowest BCUT2D eigenvalue weighted by Gasteiger charge is -2.32. The summed E-state index contributed by atoms with van der Waals surface area (Å²) < 4.78 is 7.34. The summed E-state index contributed by atoms with van der Waals surface area (Å²) in [5.74, 6) is -0.205. The number of aromatic nitrogens is 2. The van der Waals surface area contributed by atoms with Gasteiger partial charge in [-0.05, 0) is 50.8 Å². The minimum absolute atomic E-state index is 0.189. The van der Waals surface area contributed by atoms with Crippen molar-refractivity contribution >= 4 is 57.7 Å². The van der Waals surface area contributed by atoms with Crippen molar-refractivity contribution in [3.05, 3.63) is 44.7 Å². The van der Waals surface area contributed by atoms with Crippen LogP contribution in [0.1, 0.15) is 37.3 Å². The number of piperidine rings is 1. The van der Waals surface area contributed by atoms with Crippen LogP contribution in [0, 0.1) is 12.8 Å². The Kier molecular flexibility index (Phi) is 7.88.